The zero-order valence-corrected chi connectivity index (χ0v) is 9.17. The Morgan fingerprint density at radius 3 is 2.57 bits per heavy atom. The molecule has 0 saturated heterocycles. The first kappa shape index (κ1) is 11.3. The Bertz CT molecular complexity index is 214. The zero-order valence-electron chi connectivity index (χ0n) is 9.17. The normalized spacial score (nSPS) is 20.4. The highest BCUT2D eigenvalue weighted by Crippen LogP contribution is 2.38. The smallest absolute Gasteiger partial charge is 0.407 e. The molecule has 1 saturated carbocycles. The summed E-state index contributed by atoms with van der Waals surface area (Å²) in [5, 5.41) is 2.85. The summed E-state index contributed by atoms with van der Waals surface area (Å²) in [6, 6.07) is 0. The van der Waals surface area contributed by atoms with Crippen molar-refractivity contribution in [1.29, 1.82) is 0 Å². The average Bonchev–Trinajstić information content (AvgIpc) is 2.84. The molecule has 0 aromatic carbocycles. The first-order chi connectivity index (χ1) is 6.48. The second-order valence-electron chi connectivity index (χ2n) is 4.47. The maximum absolute atomic E-state index is 11.4. The van der Waals surface area contributed by atoms with Gasteiger partial charge in [-0.1, -0.05) is 0 Å². The van der Waals surface area contributed by atoms with Gasteiger partial charge in [-0.25, -0.2) is 4.79 Å². The summed E-state index contributed by atoms with van der Waals surface area (Å²) in [6.45, 7) is 6.10. The van der Waals surface area contributed by atoms with E-state index in [1.54, 1.807) is 0 Å². The van der Waals surface area contributed by atoms with Gasteiger partial charge in [-0.15, -0.1) is 0 Å². The van der Waals surface area contributed by atoms with Gasteiger partial charge >= 0.3 is 6.09 Å². The Balaban J connectivity index is 2.43. The van der Waals surface area contributed by atoms with E-state index >= 15 is 0 Å². The Hall–Kier alpha value is -0.770. The molecule has 0 spiro atoms. The van der Waals surface area contributed by atoms with Crippen LogP contribution in [0.25, 0.3) is 0 Å². The summed E-state index contributed by atoms with van der Waals surface area (Å²) in [5.74, 6) is 0.521. The van der Waals surface area contributed by atoms with Crippen LogP contribution in [0.15, 0.2) is 0 Å². The van der Waals surface area contributed by atoms with Crippen LogP contribution in [0.2, 0.25) is 0 Å². The highest BCUT2D eigenvalue weighted by molar-refractivity contribution is 5.68. The number of ether oxygens (including phenoxy) is 1. The molecule has 1 aliphatic carbocycles. The number of rotatable bonds is 4. The minimum atomic E-state index is -0.361. The Morgan fingerprint density at radius 2 is 2.21 bits per heavy atom. The molecule has 0 aromatic heterocycles. The van der Waals surface area contributed by atoms with Crippen molar-refractivity contribution >= 4 is 6.09 Å². The average molecular weight is 200 g/mol. The molecule has 1 fully saturated rings. The first-order valence-electron chi connectivity index (χ1n) is 5.17. The maximum atomic E-state index is 11.4. The van der Waals surface area contributed by atoms with Crippen LogP contribution in [0, 0.1) is 5.92 Å². The summed E-state index contributed by atoms with van der Waals surface area (Å²) >= 11 is 0. The molecule has 0 radical (unpaired) electrons. The number of carbonyl (C=O) groups is 1. The molecule has 1 rings (SSSR count). The van der Waals surface area contributed by atoms with Gasteiger partial charge in [0.1, 0.15) is 0 Å². The predicted molar refractivity (Wildman–Crippen MR) is 54.9 cm³/mol. The summed E-state index contributed by atoms with van der Waals surface area (Å²) in [6.07, 6.45) is 1.85. The minimum Gasteiger partial charge on any atom is -0.447 e. The van der Waals surface area contributed by atoms with E-state index in [1.807, 2.05) is 20.8 Å². The molecule has 0 bridgehead atoms. The fourth-order valence-electron chi connectivity index (χ4n) is 1.52. The molecule has 0 aliphatic heterocycles. The van der Waals surface area contributed by atoms with Crippen LogP contribution < -0.4 is 11.1 Å². The molecular weight excluding hydrogens is 180 g/mol. The third kappa shape index (κ3) is 2.87. The lowest BCUT2D eigenvalue weighted by Gasteiger charge is -2.29. The third-order valence-electron chi connectivity index (χ3n) is 2.63. The minimum absolute atomic E-state index is 0.0868. The number of alkyl carbamates (subject to hydrolysis) is 1. The van der Waals surface area contributed by atoms with E-state index in [2.05, 4.69) is 5.32 Å². The molecule has 0 aromatic rings. The molecule has 82 valence electrons. The standard InChI is InChI=1S/C10H20N2O2/c1-7(2)14-9(13)12-10(3,6-11)8-4-5-8/h7-8H,4-6,11H2,1-3H3,(H,12,13). The highest BCUT2D eigenvalue weighted by atomic mass is 16.6. The van der Waals surface area contributed by atoms with Gasteiger partial charge in [0.25, 0.3) is 0 Å². The predicted octanol–water partition coefficient (Wildman–Crippen LogP) is 1.25. The van der Waals surface area contributed by atoms with Gasteiger partial charge in [0, 0.05) is 6.54 Å². The van der Waals surface area contributed by atoms with E-state index in [4.69, 9.17) is 10.5 Å². The van der Waals surface area contributed by atoms with Crippen molar-refractivity contribution in [2.24, 2.45) is 11.7 Å². The number of nitrogens with two attached hydrogens (primary N) is 1. The van der Waals surface area contributed by atoms with Crippen LogP contribution in [-0.2, 0) is 4.74 Å². The molecular formula is C10H20N2O2. The second kappa shape index (κ2) is 4.17. The third-order valence-corrected chi connectivity index (χ3v) is 2.63. The lowest BCUT2D eigenvalue weighted by atomic mass is 9.96. The van der Waals surface area contributed by atoms with Crippen molar-refractivity contribution in [1.82, 2.24) is 5.32 Å². The zero-order chi connectivity index (χ0) is 10.8. The topological polar surface area (TPSA) is 64.3 Å². The molecule has 0 heterocycles. The van der Waals surface area contributed by atoms with E-state index in [1.165, 1.54) is 0 Å². The van der Waals surface area contributed by atoms with Crippen molar-refractivity contribution in [2.45, 2.75) is 45.3 Å². The van der Waals surface area contributed by atoms with Gasteiger partial charge in [0.2, 0.25) is 0 Å². The van der Waals surface area contributed by atoms with Crippen LogP contribution >= 0.6 is 0 Å². The van der Waals surface area contributed by atoms with Crippen LogP contribution in [-0.4, -0.2) is 24.3 Å². The summed E-state index contributed by atoms with van der Waals surface area (Å²) in [5.41, 5.74) is 5.37. The van der Waals surface area contributed by atoms with Crippen molar-refractivity contribution in [2.75, 3.05) is 6.54 Å². The fraction of sp³-hybridized carbons (Fsp3) is 0.900. The maximum Gasteiger partial charge on any atom is 0.407 e. The summed E-state index contributed by atoms with van der Waals surface area (Å²) < 4.78 is 5.02. The van der Waals surface area contributed by atoms with E-state index in [-0.39, 0.29) is 17.7 Å². The molecule has 1 aliphatic rings. The van der Waals surface area contributed by atoms with E-state index < -0.39 is 0 Å². The van der Waals surface area contributed by atoms with Crippen LogP contribution in [0.3, 0.4) is 0 Å². The molecule has 14 heavy (non-hydrogen) atoms. The Morgan fingerprint density at radius 1 is 1.64 bits per heavy atom. The molecule has 3 N–H and O–H groups in total. The second-order valence-corrected chi connectivity index (χ2v) is 4.47. The van der Waals surface area contributed by atoms with E-state index in [0.29, 0.717) is 12.5 Å². The van der Waals surface area contributed by atoms with Crippen LogP contribution in [0.5, 0.6) is 0 Å². The molecule has 1 atom stereocenters. The lowest BCUT2D eigenvalue weighted by Crippen LogP contribution is -2.53. The first-order valence-corrected chi connectivity index (χ1v) is 5.17. The lowest BCUT2D eigenvalue weighted by molar-refractivity contribution is 0.104. The highest BCUT2D eigenvalue weighted by Gasteiger charge is 2.41. The van der Waals surface area contributed by atoms with Crippen molar-refractivity contribution in [3.8, 4) is 0 Å². The van der Waals surface area contributed by atoms with Crippen LogP contribution in [0.4, 0.5) is 4.79 Å². The van der Waals surface area contributed by atoms with E-state index in [9.17, 15) is 4.79 Å². The van der Waals surface area contributed by atoms with Crippen molar-refractivity contribution < 1.29 is 9.53 Å². The summed E-state index contributed by atoms with van der Waals surface area (Å²) in [7, 11) is 0. The Kier molecular flexibility index (Phi) is 3.37. The van der Waals surface area contributed by atoms with Gasteiger partial charge in [-0.3, -0.25) is 0 Å². The van der Waals surface area contributed by atoms with Gasteiger partial charge in [0.15, 0.2) is 0 Å². The van der Waals surface area contributed by atoms with Crippen molar-refractivity contribution in [3.63, 3.8) is 0 Å². The number of carbonyl (C=O) groups excluding carboxylic acids is 1. The number of amides is 1. The largest absolute Gasteiger partial charge is 0.447 e. The van der Waals surface area contributed by atoms with Gasteiger partial charge in [-0.05, 0) is 39.5 Å². The van der Waals surface area contributed by atoms with Gasteiger partial charge in [-0.2, -0.15) is 0 Å². The number of hydrogen-bond acceptors (Lipinski definition) is 3. The fourth-order valence-corrected chi connectivity index (χ4v) is 1.52. The molecule has 4 nitrogen and oxygen atoms in total. The Labute approximate surface area is 85.2 Å². The molecule has 4 heteroatoms. The number of nitrogens with one attached hydrogen (secondary N) is 1. The monoisotopic (exact) mass is 200 g/mol. The summed E-state index contributed by atoms with van der Waals surface area (Å²) in [4.78, 5) is 11.4. The molecule has 1 amide bonds. The number of hydrogen-bond donors (Lipinski definition) is 2. The van der Waals surface area contributed by atoms with Gasteiger partial charge < -0.3 is 15.8 Å². The SMILES string of the molecule is CC(C)OC(=O)NC(C)(CN)C1CC1. The van der Waals surface area contributed by atoms with Gasteiger partial charge in [0.05, 0.1) is 11.6 Å². The quantitative estimate of drug-likeness (QED) is 0.717. The van der Waals surface area contributed by atoms with Crippen molar-refractivity contribution in [3.05, 3.63) is 0 Å². The molecule has 1 unspecified atom stereocenters. The van der Waals surface area contributed by atoms with E-state index in [0.717, 1.165) is 12.8 Å². The van der Waals surface area contributed by atoms with Crippen LogP contribution in [0.1, 0.15) is 33.6 Å².